The fourth-order valence-corrected chi connectivity index (χ4v) is 3.57. The van der Waals surface area contributed by atoms with Crippen LogP contribution in [0.5, 0.6) is 0 Å². The van der Waals surface area contributed by atoms with E-state index >= 15 is 0 Å². The molecule has 1 aromatic carbocycles. The molecule has 0 radical (unpaired) electrons. The van der Waals surface area contributed by atoms with E-state index in [1.54, 1.807) is 0 Å². The highest BCUT2D eigenvalue weighted by Crippen LogP contribution is 2.31. The maximum absolute atomic E-state index is 12.3. The fourth-order valence-electron chi connectivity index (χ4n) is 2.98. The number of aliphatic hydroxyl groups is 3. The number of nitrogens with one attached hydrogen (secondary N) is 2. The van der Waals surface area contributed by atoms with Crippen molar-refractivity contribution in [1.29, 1.82) is 0 Å². The molecule has 1 aliphatic rings. The van der Waals surface area contributed by atoms with Gasteiger partial charge in [-0.15, -0.1) is 0 Å². The van der Waals surface area contributed by atoms with Gasteiger partial charge in [0.15, 0.2) is 17.4 Å². The van der Waals surface area contributed by atoms with Gasteiger partial charge in [0.25, 0.3) is 5.56 Å². The van der Waals surface area contributed by atoms with Crippen molar-refractivity contribution < 1.29 is 20.1 Å². The minimum atomic E-state index is -1.30. The van der Waals surface area contributed by atoms with Crippen molar-refractivity contribution in [3.05, 3.63) is 46.5 Å². The van der Waals surface area contributed by atoms with Gasteiger partial charge < -0.3 is 20.1 Å². The monoisotopic (exact) mass is 405 g/mol. The van der Waals surface area contributed by atoms with E-state index in [1.165, 1.54) is 22.8 Å². The molecule has 28 heavy (non-hydrogen) atoms. The van der Waals surface area contributed by atoms with Crippen LogP contribution in [0.2, 0.25) is 0 Å². The molecule has 0 spiro atoms. The molecule has 5 N–H and O–H groups in total. The number of H-pyrrole nitrogens is 1. The molecule has 3 heterocycles. The highest BCUT2D eigenvalue weighted by molar-refractivity contribution is 8.00. The van der Waals surface area contributed by atoms with Gasteiger partial charge in [0.2, 0.25) is 5.95 Å². The zero-order chi connectivity index (χ0) is 19.8. The molecule has 4 atom stereocenters. The van der Waals surface area contributed by atoms with Crippen molar-refractivity contribution in [1.82, 2.24) is 19.5 Å². The van der Waals surface area contributed by atoms with Crippen LogP contribution in [-0.2, 0) is 4.74 Å². The molecule has 1 aliphatic heterocycles. The average Bonchev–Trinajstić information content (AvgIpc) is 3.23. The molecule has 10 nitrogen and oxygen atoms in total. The van der Waals surface area contributed by atoms with E-state index in [0.29, 0.717) is 0 Å². The van der Waals surface area contributed by atoms with Gasteiger partial charge in [0.1, 0.15) is 18.3 Å². The zero-order valence-corrected chi connectivity index (χ0v) is 15.6. The lowest BCUT2D eigenvalue weighted by Gasteiger charge is -2.16. The summed E-state index contributed by atoms with van der Waals surface area (Å²) in [6.45, 7) is 1.54. The lowest BCUT2D eigenvalue weighted by molar-refractivity contribution is -0.0511. The van der Waals surface area contributed by atoms with E-state index in [9.17, 15) is 20.1 Å². The van der Waals surface area contributed by atoms with E-state index in [1.807, 2.05) is 31.2 Å². The minimum Gasteiger partial charge on any atom is -0.394 e. The van der Waals surface area contributed by atoms with Gasteiger partial charge in [-0.1, -0.05) is 17.7 Å². The van der Waals surface area contributed by atoms with Crippen LogP contribution < -0.4 is 10.3 Å². The molecule has 2 aromatic heterocycles. The van der Waals surface area contributed by atoms with Gasteiger partial charge in [-0.05, 0) is 31.0 Å². The lowest BCUT2D eigenvalue weighted by atomic mass is 10.1. The number of hydrogen-bond donors (Lipinski definition) is 5. The first-order chi connectivity index (χ1) is 13.5. The van der Waals surface area contributed by atoms with Crippen molar-refractivity contribution in [2.45, 2.75) is 36.4 Å². The van der Waals surface area contributed by atoms with E-state index in [0.717, 1.165) is 10.5 Å². The second-order valence-corrected chi connectivity index (χ2v) is 7.36. The standard InChI is InChI=1S/C17H19N5O5S/c1-8-2-4-9(5-3-8)28-21-17-19-14-11(15(26)20-17)18-7-22(14)16-13(25)12(24)10(6-23)27-16/h2-5,7,10,12-13,16,23-25H,6H2,1H3,(H2,19,20,21,26)/t10-,12-,13-,16-/m1/s1. The third kappa shape index (κ3) is 3.38. The predicted molar refractivity (Wildman–Crippen MR) is 102 cm³/mol. The molecule has 11 heteroatoms. The van der Waals surface area contributed by atoms with Crippen molar-refractivity contribution in [3.8, 4) is 0 Å². The number of imidazole rings is 1. The third-order valence-electron chi connectivity index (χ3n) is 4.51. The van der Waals surface area contributed by atoms with Crippen molar-refractivity contribution in [2.75, 3.05) is 11.3 Å². The largest absolute Gasteiger partial charge is 0.394 e. The van der Waals surface area contributed by atoms with Gasteiger partial charge in [-0.25, -0.2) is 4.98 Å². The molecule has 3 aromatic rings. The fraction of sp³-hybridized carbons (Fsp3) is 0.353. The summed E-state index contributed by atoms with van der Waals surface area (Å²) in [6.07, 6.45) is -3.21. The molecule has 0 amide bonds. The second kappa shape index (κ2) is 7.53. The number of hydrogen-bond acceptors (Lipinski definition) is 9. The summed E-state index contributed by atoms with van der Waals surface area (Å²) in [4.78, 5) is 24.3. The Labute approximate surface area is 163 Å². The molecular formula is C17H19N5O5S. The van der Waals surface area contributed by atoms with Crippen LogP contribution in [0.3, 0.4) is 0 Å². The summed E-state index contributed by atoms with van der Waals surface area (Å²) < 4.78 is 9.85. The first kappa shape index (κ1) is 18.9. The Hall–Kier alpha value is -2.44. The third-order valence-corrected chi connectivity index (χ3v) is 5.31. The highest BCUT2D eigenvalue weighted by Gasteiger charge is 2.44. The van der Waals surface area contributed by atoms with Crippen LogP contribution in [0.25, 0.3) is 11.2 Å². The molecule has 1 saturated heterocycles. The number of fused-ring (bicyclic) bond motifs is 1. The molecule has 0 aliphatic carbocycles. The van der Waals surface area contributed by atoms with E-state index in [4.69, 9.17) is 4.74 Å². The number of ether oxygens (including phenoxy) is 1. The van der Waals surface area contributed by atoms with Gasteiger partial charge >= 0.3 is 0 Å². The smallest absolute Gasteiger partial charge is 0.280 e. The number of rotatable bonds is 5. The second-order valence-electron chi connectivity index (χ2n) is 6.48. The maximum atomic E-state index is 12.3. The summed E-state index contributed by atoms with van der Waals surface area (Å²) in [7, 11) is 0. The van der Waals surface area contributed by atoms with Crippen LogP contribution in [0, 0.1) is 6.92 Å². The SMILES string of the molecule is Cc1ccc(SNc2nc3c(ncn3[C@@H]3O[C@H](CO)[C@@H](O)[C@H]3O)c(=O)[nH]2)cc1. The zero-order valence-electron chi connectivity index (χ0n) is 14.8. The molecule has 0 bridgehead atoms. The Morgan fingerprint density at radius 3 is 2.71 bits per heavy atom. The summed E-state index contributed by atoms with van der Waals surface area (Å²) in [6, 6.07) is 7.82. The van der Waals surface area contributed by atoms with Gasteiger partial charge in [0.05, 0.1) is 12.9 Å². The Bertz CT molecular complexity index is 1040. The van der Waals surface area contributed by atoms with E-state index in [2.05, 4.69) is 19.7 Å². The normalized spacial score (nSPS) is 24.7. The van der Waals surface area contributed by atoms with Crippen molar-refractivity contribution >= 4 is 29.1 Å². The first-order valence-corrected chi connectivity index (χ1v) is 9.38. The number of aliphatic hydroxyl groups excluding tert-OH is 3. The van der Waals surface area contributed by atoms with E-state index < -0.39 is 36.7 Å². The number of aromatic nitrogens is 4. The minimum absolute atomic E-state index is 0.0728. The highest BCUT2D eigenvalue weighted by atomic mass is 32.2. The van der Waals surface area contributed by atoms with Crippen LogP contribution in [0.1, 0.15) is 11.8 Å². The van der Waals surface area contributed by atoms with Crippen molar-refractivity contribution in [3.63, 3.8) is 0 Å². The van der Waals surface area contributed by atoms with Gasteiger partial charge in [-0.2, -0.15) is 4.98 Å². The summed E-state index contributed by atoms with van der Waals surface area (Å²) >= 11 is 1.28. The first-order valence-electron chi connectivity index (χ1n) is 8.57. The van der Waals surface area contributed by atoms with Gasteiger partial charge in [-0.3, -0.25) is 19.1 Å². The molecular weight excluding hydrogens is 386 g/mol. The lowest BCUT2D eigenvalue weighted by Crippen LogP contribution is -2.33. The Balaban J connectivity index is 1.63. The molecule has 0 saturated carbocycles. The molecule has 148 valence electrons. The summed E-state index contributed by atoms with van der Waals surface area (Å²) in [5.74, 6) is 0.205. The summed E-state index contributed by atoms with van der Waals surface area (Å²) in [5, 5.41) is 29.5. The van der Waals surface area contributed by atoms with Gasteiger partial charge in [0, 0.05) is 4.90 Å². The van der Waals surface area contributed by atoms with E-state index in [-0.39, 0.29) is 17.1 Å². The quantitative estimate of drug-likeness (QED) is 0.375. The van der Waals surface area contributed by atoms with Crippen LogP contribution in [-0.4, -0.2) is 59.8 Å². The average molecular weight is 405 g/mol. The summed E-state index contributed by atoms with van der Waals surface area (Å²) in [5.41, 5.74) is 0.941. The Kier molecular flexibility index (Phi) is 5.08. The van der Waals surface area contributed by atoms with Crippen LogP contribution >= 0.6 is 11.9 Å². The van der Waals surface area contributed by atoms with Crippen LogP contribution in [0.15, 0.2) is 40.3 Å². The Morgan fingerprint density at radius 1 is 1.29 bits per heavy atom. The topological polar surface area (TPSA) is 146 Å². The number of anilines is 1. The molecule has 1 fully saturated rings. The van der Waals surface area contributed by atoms with Crippen molar-refractivity contribution in [2.24, 2.45) is 0 Å². The Morgan fingerprint density at radius 2 is 2.04 bits per heavy atom. The maximum Gasteiger partial charge on any atom is 0.280 e. The predicted octanol–water partition coefficient (Wildman–Crippen LogP) is 0.159. The number of aryl methyl sites for hydroxylation is 1. The number of benzene rings is 1. The van der Waals surface area contributed by atoms with Crippen LogP contribution in [0.4, 0.5) is 5.95 Å². The molecule has 4 rings (SSSR count). The number of aromatic amines is 1. The molecule has 0 unspecified atom stereocenters. The number of nitrogens with zero attached hydrogens (tertiary/aromatic N) is 3.